The average molecular weight is 308 g/mol. The zero-order valence-electron chi connectivity index (χ0n) is 11.5. The first kappa shape index (κ1) is 14.5. The van der Waals surface area contributed by atoms with Crippen molar-refractivity contribution < 1.29 is 17.9 Å². The van der Waals surface area contributed by atoms with Gasteiger partial charge in [-0.1, -0.05) is 36.8 Å². The van der Waals surface area contributed by atoms with Gasteiger partial charge in [-0.2, -0.15) is 0 Å². The number of hydrogen-bond acceptors (Lipinski definition) is 3. The Hall–Kier alpha value is -1.46. The van der Waals surface area contributed by atoms with Crippen molar-refractivity contribution in [1.82, 2.24) is 0 Å². The Labute approximate surface area is 123 Å². The minimum absolute atomic E-state index is 0.119. The van der Waals surface area contributed by atoms with Gasteiger partial charge in [0.2, 0.25) is 0 Å². The summed E-state index contributed by atoms with van der Waals surface area (Å²) >= 11 is 0. The minimum atomic E-state index is -3.29. The van der Waals surface area contributed by atoms with E-state index >= 15 is 0 Å². The van der Waals surface area contributed by atoms with Crippen molar-refractivity contribution in [3.63, 3.8) is 0 Å². The molecule has 0 amide bonds. The fraction of sp³-hybridized carbons (Fsp3) is 0.375. The van der Waals surface area contributed by atoms with Crippen molar-refractivity contribution in [2.24, 2.45) is 0 Å². The van der Waals surface area contributed by atoms with Gasteiger partial charge in [-0.05, 0) is 29.9 Å². The molecule has 0 bridgehead atoms. The summed E-state index contributed by atoms with van der Waals surface area (Å²) in [6, 6.07) is 9.61. The topological polar surface area (TPSA) is 54.4 Å². The summed E-state index contributed by atoms with van der Waals surface area (Å²) in [5, 5.41) is 10.8. The van der Waals surface area contributed by atoms with Crippen LogP contribution in [0.5, 0.6) is 0 Å². The van der Waals surface area contributed by atoms with Gasteiger partial charge in [0.05, 0.1) is 17.1 Å². The van der Waals surface area contributed by atoms with Gasteiger partial charge < -0.3 is 5.11 Å². The fourth-order valence-corrected chi connectivity index (χ4v) is 5.05. The molecule has 1 aliphatic rings. The Morgan fingerprint density at radius 2 is 1.81 bits per heavy atom. The Morgan fingerprint density at radius 1 is 1.10 bits per heavy atom. The highest BCUT2D eigenvalue weighted by atomic mass is 32.2. The van der Waals surface area contributed by atoms with Crippen molar-refractivity contribution in [2.75, 3.05) is 5.75 Å². The monoisotopic (exact) mass is 308 g/mol. The molecule has 1 saturated heterocycles. The first-order chi connectivity index (χ1) is 10.0. The van der Waals surface area contributed by atoms with E-state index in [-0.39, 0.29) is 11.6 Å². The van der Waals surface area contributed by atoms with Gasteiger partial charge in [0.1, 0.15) is 5.82 Å². The van der Waals surface area contributed by atoms with Crippen molar-refractivity contribution in [2.45, 2.75) is 30.6 Å². The summed E-state index contributed by atoms with van der Waals surface area (Å²) in [4.78, 5) is 0. The van der Waals surface area contributed by atoms with Crippen LogP contribution >= 0.6 is 0 Å². The van der Waals surface area contributed by atoms with E-state index in [1.54, 1.807) is 24.3 Å². The molecular formula is C16H17FO3S. The molecule has 1 aliphatic heterocycles. The summed E-state index contributed by atoms with van der Waals surface area (Å²) in [5.41, 5.74) is 0.488. The summed E-state index contributed by atoms with van der Waals surface area (Å²) in [6.07, 6.45) is 0.783. The van der Waals surface area contributed by atoms with Crippen LogP contribution in [0.1, 0.15) is 30.9 Å². The van der Waals surface area contributed by atoms with Gasteiger partial charge in [0.15, 0.2) is 9.84 Å². The lowest BCUT2D eigenvalue weighted by Crippen LogP contribution is -2.33. The zero-order valence-corrected chi connectivity index (χ0v) is 12.3. The van der Waals surface area contributed by atoms with Crippen LogP contribution in [-0.4, -0.2) is 24.5 Å². The van der Waals surface area contributed by atoms with Gasteiger partial charge >= 0.3 is 0 Å². The SMILES string of the molecule is O=S1(=O)CCCCC1C(O)c1ccc(F)c2ccccc12. The first-order valence-corrected chi connectivity index (χ1v) is 8.79. The Bertz CT molecular complexity index is 770. The second-order valence-corrected chi connectivity index (χ2v) is 7.87. The Balaban J connectivity index is 2.10. The zero-order chi connectivity index (χ0) is 15.0. The third kappa shape index (κ3) is 2.56. The van der Waals surface area contributed by atoms with Gasteiger partial charge in [-0.25, -0.2) is 12.8 Å². The molecule has 2 atom stereocenters. The maximum Gasteiger partial charge on any atom is 0.156 e. The van der Waals surface area contributed by atoms with Crippen LogP contribution in [0.15, 0.2) is 36.4 Å². The lowest BCUT2D eigenvalue weighted by atomic mass is 9.96. The first-order valence-electron chi connectivity index (χ1n) is 7.07. The largest absolute Gasteiger partial charge is 0.387 e. The highest BCUT2D eigenvalue weighted by Crippen LogP contribution is 2.34. The standard InChI is InChI=1S/C16H17FO3S/c17-14-9-8-13(11-5-1-2-6-12(11)14)16(18)15-7-3-4-10-21(15,19)20/h1-2,5-6,8-9,15-16,18H,3-4,7,10H2. The number of rotatable bonds is 2. The maximum absolute atomic E-state index is 13.8. The van der Waals surface area contributed by atoms with Crippen LogP contribution in [0.2, 0.25) is 0 Å². The van der Waals surface area contributed by atoms with Crippen LogP contribution in [0.3, 0.4) is 0 Å². The highest BCUT2D eigenvalue weighted by molar-refractivity contribution is 7.92. The molecule has 0 saturated carbocycles. The highest BCUT2D eigenvalue weighted by Gasteiger charge is 2.36. The third-order valence-corrected chi connectivity index (χ3v) is 6.48. The summed E-state index contributed by atoms with van der Waals surface area (Å²) in [7, 11) is -3.29. The molecule has 1 N–H and O–H groups in total. The van der Waals surface area contributed by atoms with Crippen LogP contribution in [0.25, 0.3) is 10.8 Å². The maximum atomic E-state index is 13.8. The van der Waals surface area contributed by atoms with E-state index in [0.29, 0.717) is 29.2 Å². The number of halogens is 1. The minimum Gasteiger partial charge on any atom is -0.387 e. The molecule has 2 aromatic rings. The van der Waals surface area contributed by atoms with Crippen molar-refractivity contribution >= 4 is 20.6 Å². The van der Waals surface area contributed by atoms with E-state index in [2.05, 4.69) is 0 Å². The van der Waals surface area contributed by atoms with Gasteiger partial charge in [-0.3, -0.25) is 0 Å². The molecule has 1 fully saturated rings. The van der Waals surface area contributed by atoms with Crippen molar-refractivity contribution in [3.05, 3.63) is 47.8 Å². The molecule has 1 heterocycles. The number of aliphatic hydroxyl groups excluding tert-OH is 1. The lowest BCUT2D eigenvalue weighted by Gasteiger charge is -2.27. The molecule has 21 heavy (non-hydrogen) atoms. The average Bonchev–Trinajstić information content (AvgIpc) is 2.47. The predicted octanol–water partition coefficient (Wildman–Crippen LogP) is 2.98. The Morgan fingerprint density at radius 3 is 2.52 bits per heavy atom. The van der Waals surface area contributed by atoms with E-state index in [0.717, 1.165) is 6.42 Å². The van der Waals surface area contributed by atoms with Crippen LogP contribution in [0.4, 0.5) is 4.39 Å². The second kappa shape index (κ2) is 5.39. The van der Waals surface area contributed by atoms with Crippen LogP contribution < -0.4 is 0 Å². The molecule has 112 valence electrons. The summed E-state index contributed by atoms with van der Waals surface area (Å²) < 4.78 is 38.2. The number of benzene rings is 2. The van der Waals surface area contributed by atoms with E-state index < -0.39 is 21.2 Å². The molecule has 0 aromatic heterocycles. The van der Waals surface area contributed by atoms with E-state index in [1.807, 2.05) is 0 Å². The second-order valence-electron chi connectivity index (χ2n) is 5.53. The smallest absolute Gasteiger partial charge is 0.156 e. The number of sulfone groups is 1. The van der Waals surface area contributed by atoms with Crippen molar-refractivity contribution in [1.29, 1.82) is 0 Å². The molecular weight excluding hydrogens is 291 g/mol. The normalized spacial score (nSPS) is 23.0. The molecule has 0 spiro atoms. The molecule has 3 nitrogen and oxygen atoms in total. The lowest BCUT2D eigenvalue weighted by molar-refractivity contribution is 0.166. The van der Waals surface area contributed by atoms with E-state index in [1.165, 1.54) is 12.1 Å². The third-order valence-electron chi connectivity index (χ3n) is 4.20. The molecule has 0 aliphatic carbocycles. The Kier molecular flexibility index (Phi) is 3.71. The van der Waals surface area contributed by atoms with Crippen LogP contribution in [0, 0.1) is 5.82 Å². The van der Waals surface area contributed by atoms with E-state index in [9.17, 15) is 17.9 Å². The predicted molar refractivity (Wildman–Crippen MR) is 80.3 cm³/mol. The van der Waals surface area contributed by atoms with E-state index in [4.69, 9.17) is 0 Å². The van der Waals surface area contributed by atoms with Crippen LogP contribution in [-0.2, 0) is 9.84 Å². The molecule has 0 radical (unpaired) electrons. The van der Waals surface area contributed by atoms with Gasteiger partial charge in [-0.15, -0.1) is 0 Å². The molecule has 5 heteroatoms. The van der Waals surface area contributed by atoms with Crippen molar-refractivity contribution in [3.8, 4) is 0 Å². The quantitative estimate of drug-likeness (QED) is 0.928. The molecule has 3 rings (SSSR count). The summed E-state index contributed by atoms with van der Waals surface area (Å²) in [5.74, 6) is -0.249. The van der Waals surface area contributed by atoms with Gasteiger partial charge in [0.25, 0.3) is 0 Å². The summed E-state index contributed by atoms with van der Waals surface area (Å²) in [6.45, 7) is 0. The fourth-order valence-electron chi connectivity index (χ4n) is 3.08. The van der Waals surface area contributed by atoms with Gasteiger partial charge in [0, 0.05) is 5.39 Å². The molecule has 2 unspecified atom stereocenters. The number of aliphatic hydroxyl groups is 1. The number of hydrogen-bond donors (Lipinski definition) is 1. The molecule has 2 aromatic carbocycles. The number of fused-ring (bicyclic) bond motifs is 1.